The van der Waals surface area contributed by atoms with E-state index in [1.807, 2.05) is 0 Å². The molecule has 0 amide bonds. The van der Waals surface area contributed by atoms with Gasteiger partial charge in [0.05, 0.1) is 26.4 Å². The van der Waals surface area contributed by atoms with Crippen LogP contribution in [-0.4, -0.2) is 96.7 Å². The number of rotatable bonds is 72. The van der Waals surface area contributed by atoms with Crippen LogP contribution in [0.1, 0.15) is 349 Å². The number of phosphoric acid groups is 2. The van der Waals surface area contributed by atoms with E-state index < -0.39 is 97.5 Å². The first-order chi connectivity index (χ1) is 45.7. The third-order valence-electron chi connectivity index (χ3n) is 16.3. The normalized spacial score (nSPS) is 14.2. The lowest BCUT2D eigenvalue weighted by atomic mass is 10.0. The maximum Gasteiger partial charge on any atom is 0.472 e. The van der Waals surface area contributed by atoms with E-state index in [9.17, 15) is 43.2 Å². The van der Waals surface area contributed by atoms with Crippen LogP contribution in [0.4, 0.5) is 0 Å². The highest BCUT2D eigenvalue weighted by Gasteiger charge is 2.30. The maximum atomic E-state index is 13.0. The number of unbranched alkanes of at least 4 members (excludes halogenated alkanes) is 38. The summed E-state index contributed by atoms with van der Waals surface area (Å²) in [6, 6.07) is 0. The van der Waals surface area contributed by atoms with E-state index in [0.717, 1.165) is 141 Å². The molecule has 5 atom stereocenters. The molecule has 0 fully saturated rings. The van der Waals surface area contributed by atoms with Gasteiger partial charge in [0.1, 0.15) is 19.3 Å². The second-order valence-corrected chi connectivity index (χ2v) is 28.5. The Bertz CT molecular complexity index is 1980. The second kappa shape index (κ2) is 68.5. The Morgan fingerprint density at radius 1 is 0.298 bits per heavy atom. The van der Waals surface area contributed by atoms with Crippen LogP contribution < -0.4 is 0 Å². The van der Waals surface area contributed by atoms with Crippen molar-refractivity contribution in [3.8, 4) is 0 Å². The van der Waals surface area contributed by atoms with Crippen LogP contribution in [0.15, 0.2) is 48.6 Å². The summed E-state index contributed by atoms with van der Waals surface area (Å²) in [5.41, 5.74) is 0. The van der Waals surface area contributed by atoms with Crippen LogP contribution in [0.25, 0.3) is 0 Å². The molecule has 0 saturated carbocycles. The summed E-state index contributed by atoms with van der Waals surface area (Å²) in [6.45, 7) is 4.80. The zero-order valence-electron chi connectivity index (χ0n) is 59.9. The molecule has 0 saturated heterocycles. The number of esters is 4. The number of aliphatic hydroxyl groups excluding tert-OH is 1. The van der Waals surface area contributed by atoms with Crippen LogP contribution in [-0.2, 0) is 65.4 Å². The Balaban J connectivity index is 5.29. The third-order valence-corrected chi connectivity index (χ3v) is 18.2. The first kappa shape index (κ1) is 91.0. The molecule has 3 N–H and O–H groups in total. The van der Waals surface area contributed by atoms with Crippen molar-refractivity contribution in [3.63, 3.8) is 0 Å². The fourth-order valence-corrected chi connectivity index (χ4v) is 12.0. The zero-order chi connectivity index (χ0) is 69.0. The molecule has 0 aromatic heterocycles. The van der Waals surface area contributed by atoms with Gasteiger partial charge in [-0.2, -0.15) is 0 Å². The standard InChI is InChI=1S/C75H138O17P2/c1-5-9-13-17-21-25-29-32-34-37-40-43-47-51-55-59-72(77)85-65-70(91-74(79)61-57-53-49-45-39-28-24-20-16-12-8-4)67-89-93(81,82)87-63-69(76)64-88-94(83,84)90-68-71(92-75(80)62-58-54-50-46-42-36-31-27-23-19-15-11-7-3)66-86-73(78)60-56-52-48-44-41-38-35-33-30-26-22-18-14-10-6-2/h15,19,21,25,27,31-32,34,69-71,76H,5-14,16-18,20,22-24,26,28-30,33,35-68H2,1-4H3,(H,81,82)(H,83,84)/b19-15-,25-21-,31-27-,34-32-. The van der Waals surface area contributed by atoms with Gasteiger partial charge in [-0.3, -0.25) is 37.3 Å². The van der Waals surface area contributed by atoms with E-state index in [-0.39, 0.29) is 25.7 Å². The largest absolute Gasteiger partial charge is 0.472 e. The van der Waals surface area contributed by atoms with Gasteiger partial charge in [-0.05, 0) is 83.5 Å². The van der Waals surface area contributed by atoms with Crippen LogP contribution in [0, 0.1) is 0 Å². The van der Waals surface area contributed by atoms with Crippen LogP contribution in [0.5, 0.6) is 0 Å². The molecule has 0 radical (unpaired) electrons. The fraction of sp³-hybridized carbons (Fsp3) is 0.840. The molecule has 0 bridgehead atoms. The van der Waals surface area contributed by atoms with Gasteiger partial charge in [-0.1, -0.05) is 288 Å². The third kappa shape index (κ3) is 67.6. The number of carbonyl (C=O) groups excluding carboxylic acids is 4. The summed E-state index contributed by atoms with van der Waals surface area (Å²) in [7, 11) is -9.93. The van der Waals surface area contributed by atoms with Gasteiger partial charge in [-0.25, -0.2) is 9.13 Å². The maximum absolute atomic E-state index is 13.0. The highest BCUT2D eigenvalue weighted by Crippen LogP contribution is 2.45. The molecule has 0 aromatic carbocycles. The molecule has 0 aliphatic heterocycles. The van der Waals surface area contributed by atoms with Crippen molar-refractivity contribution in [2.75, 3.05) is 39.6 Å². The zero-order valence-corrected chi connectivity index (χ0v) is 61.7. The molecule has 5 unspecified atom stereocenters. The van der Waals surface area contributed by atoms with Gasteiger partial charge in [0.2, 0.25) is 0 Å². The van der Waals surface area contributed by atoms with Gasteiger partial charge in [0, 0.05) is 25.7 Å². The quantitative estimate of drug-likeness (QED) is 0.0169. The summed E-state index contributed by atoms with van der Waals surface area (Å²) in [5, 5.41) is 10.6. The molecule has 94 heavy (non-hydrogen) atoms. The van der Waals surface area contributed by atoms with Crippen LogP contribution in [0.3, 0.4) is 0 Å². The number of hydrogen-bond acceptors (Lipinski definition) is 15. The Hall–Kier alpha value is -2.98. The highest BCUT2D eigenvalue weighted by atomic mass is 31.2. The fourth-order valence-electron chi connectivity index (χ4n) is 10.5. The lowest BCUT2D eigenvalue weighted by Crippen LogP contribution is -2.30. The molecule has 0 aromatic rings. The topological polar surface area (TPSA) is 237 Å². The molecule has 0 spiro atoms. The minimum atomic E-state index is -4.97. The molecule has 550 valence electrons. The smallest absolute Gasteiger partial charge is 0.462 e. The summed E-state index contributed by atoms with van der Waals surface area (Å²) in [4.78, 5) is 72.7. The van der Waals surface area contributed by atoms with Gasteiger partial charge in [-0.15, -0.1) is 0 Å². The summed E-state index contributed by atoms with van der Waals surface area (Å²) in [5.74, 6) is -2.17. The average Bonchev–Trinajstić information content (AvgIpc) is 1.22. The monoisotopic (exact) mass is 1370 g/mol. The number of ether oxygens (including phenoxy) is 4. The summed E-state index contributed by atoms with van der Waals surface area (Å²) < 4.78 is 68.4. The van der Waals surface area contributed by atoms with Crippen molar-refractivity contribution in [2.45, 2.75) is 367 Å². The Morgan fingerprint density at radius 3 is 0.851 bits per heavy atom. The minimum absolute atomic E-state index is 0.0847. The highest BCUT2D eigenvalue weighted by molar-refractivity contribution is 7.47. The van der Waals surface area contributed by atoms with Gasteiger partial charge in [0.15, 0.2) is 12.2 Å². The number of hydrogen-bond donors (Lipinski definition) is 3. The summed E-state index contributed by atoms with van der Waals surface area (Å²) >= 11 is 0. The van der Waals surface area contributed by atoms with E-state index in [0.29, 0.717) is 25.7 Å². The average molecular weight is 1370 g/mol. The van der Waals surface area contributed by atoms with Crippen molar-refractivity contribution in [1.29, 1.82) is 0 Å². The molecule has 17 nitrogen and oxygen atoms in total. The van der Waals surface area contributed by atoms with E-state index >= 15 is 0 Å². The number of carbonyl (C=O) groups is 4. The van der Waals surface area contributed by atoms with E-state index in [4.69, 9.17) is 37.0 Å². The number of aliphatic hydroxyl groups is 1. The molecule has 0 aliphatic rings. The van der Waals surface area contributed by atoms with Gasteiger partial charge in [0.25, 0.3) is 0 Å². The predicted molar refractivity (Wildman–Crippen MR) is 381 cm³/mol. The second-order valence-electron chi connectivity index (χ2n) is 25.6. The van der Waals surface area contributed by atoms with Crippen LogP contribution in [0.2, 0.25) is 0 Å². The lowest BCUT2D eigenvalue weighted by Gasteiger charge is -2.21. The Morgan fingerprint density at radius 2 is 0.543 bits per heavy atom. The molecular weight excluding hydrogens is 1230 g/mol. The van der Waals surface area contributed by atoms with Crippen LogP contribution >= 0.6 is 15.6 Å². The van der Waals surface area contributed by atoms with Gasteiger partial charge < -0.3 is 33.8 Å². The Kier molecular flexibility index (Phi) is 66.4. The molecule has 0 aliphatic carbocycles. The lowest BCUT2D eigenvalue weighted by molar-refractivity contribution is -0.161. The summed E-state index contributed by atoms with van der Waals surface area (Å²) in [6.07, 6.45) is 63.9. The van der Waals surface area contributed by atoms with Crippen molar-refractivity contribution in [3.05, 3.63) is 48.6 Å². The van der Waals surface area contributed by atoms with E-state index in [1.165, 1.54) is 128 Å². The minimum Gasteiger partial charge on any atom is -0.462 e. The molecule has 0 rings (SSSR count). The molecule has 19 heteroatoms. The van der Waals surface area contributed by atoms with Crippen molar-refractivity contribution in [2.24, 2.45) is 0 Å². The SMILES string of the molecule is CCC/C=C\C/C=C\CCCCCCCC(=O)OC(COC(=O)CCCCCCCCCCCCCCCCC)COP(=O)(O)OCC(O)COP(=O)(O)OCC(COC(=O)CCCCCCC/C=C\C/C=C\CCCCC)OC(=O)CCCCCCCCCCCCC. The van der Waals surface area contributed by atoms with Crippen molar-refractivity contribution < 1.29 is 80.2 Å². The first-order valence-electron chi connectivity index (χ1n) is 37.9. The van der Waals surface area contributed by atoms with Crippen molar-refractivity contribution >= 4 is 39.5 Å². The van der Waals surface area contributed by atoms with E-state index in [2.05, 4.69) is 76.3 Å². The number of allylic oxidation sites excluding steroid dienone is 8. The van der Waals surface area contributed by atoms with E-state index in [1.54, 1.807) is 0 Å². The molecular formula is C75H138O17P2. The molecule has 0 heterocycles. The predicted octanol–water partition coefficient (Wildman–Crippen LogP) is 21.3. The van der Waals surface area contributed by atoms with Gasteiger partial charge >= 0.3 is 39.5 Å². The number of phosphoric ester groups is 2. The Labute approximate surface area is 572 Å². The first-order valence-corrected chi connectivity index (χ1v) is 40.9. The van der Waals surface area contributed by atoms with Crippen molar-refractivity contribution in [1.82, 2.24) is 0 Å².